The van der Waals surface area contributed by atoms with Crippen LogP contribution in [0.5, 0.6) is 17.2 Å². The number of methoxy groups -OCH3 is 2. The highest BCUT2D eigenvalue weighted by molar-refractivity contribution is 6.23. The zero-order valence-electron chi connectivity index (χ0n) is 32.2. The molecule has 0 spiro atoms. The van der Waals surface area contributed by atoms with Gasteiger partial charge in [0.2, 0.25) is 11.8 Å². The highest BCUT2D eigenvalue weighted by Gasteiger charge is 2.50. The summed E-state index contributed by atoms with van der Waals surface area (Å²) in [6, 6.07) is 9.79. The minimum Gasteiger partial charge on any atom is -0.496 e. The van der Waals surface area contributed by atoms with E-state index >= 15 is 0 Å². The van der Waals surface area contributed by atoms with Crippen LogP contribution in [0.1, 0.15) is 52.0 Å². The molecule has 15 heteroatoms. The van der Waals surface area contributed by atoms with E-state index in [0.717, 1.165) is 71.8 Å². The third kappa shape index (κ3) is 6.53. The van der Waals surface area contributed by atoms with Gasteiger partial charge in [0, 0.05) is 83.6 Å². The Bertz CT molecular complexity index is 2320. The Morgan fingerprint density at radius 1 is 0.875 bits per heavy atom. The number of pyridine rings is 2. The summed E-state index contributed by atoms with van der Waals surface area (Å²) in [4.78, 5) is 75.8. The van der Waals surface area contributed by atoms with Crippen LogP contribution in [0, 0.1) is 0 Å². The molecule has 1 saturated carbocycles. The highest BCUT2D eigenvalue weighted by Crippen LogP contribution is 2.44. The van der Waals surface area contributed by atoms with Crippen molar-refractivity contribution in [1.29, 1.82) is 0 Å². The van der Waals surface area contributed by atoms with Gasteiger partial charge in [-0.1, -0.05) is 0 Å². The van der Waals surface area contributed by atoms with Gasteiger partial charge >= 0.3 is 0 Å². The number of amides is 4. The maximum absolute atomic E-state index is 13.3. The first-order chi connectivity index (χ1) is 26.9. The topological polar surface area (TPSA) is 156 Å². The number of aryl methyl sites for hydroxylation is 1. The third-order valence-corrected chi connectivity index (χ3v) is 11.6. The number of piperazine rings is 1. The number of nitrogens with one attached hydrogen (secondary N) is 1. The summed E-state index contributed by atoms with van der Waals surface area (Å²) in [5.41, 5.74) is 2.88. The summed E-state index contributed by atoms with van der Waals surface area (Å²) in [5, 5.41) is 3.56. The van der Waals surface area contributed by atoms with Gasteiger partial charge in [-0.25, -0.2) is 4.98 Å². The van der Waals surface area contributed by atoms with Gasteiger partial charge in [0.25, 0.3) is 17.4 Å². The van der Waals surface area contributed by atoms with Crippen LogP contribution in [0.4, 0.5) is 5.82 Å². The number of aromatic nitrogens is 2. The summed E-state index contributed by atoms with van der Waals surface area (Å²) >= 11 is 0. The molecule has 4 aliphatic rings. The van der Waals surface area contributed by atoms with Gasteiger partial charge in [0.15, 0.2) is 0 Å². The molecular formula is C41H45N7O8. The van der Waals surface area contributed by atoms with Crippen molar-refractivity contribution in [1.82, 2.24) is 29.6 Å². The molecule has 56 heavy (non-hydrogen) atoms. The van der Waals surface area contributed by atoms with Gasteiger partial charge in [0.1, 0.15) is 35.7 Å². The van der Waals surface area contributed by atoms with Gasteiger partial charge in [-0.3, -0.25) is 44.0 Å². The predicted molar refractivity (Wildman–Crippen MR) is 207 cm³/mol. The second-order valence-electron chi connectivity index (χ2n) is 15.2. The zero-order valence-corrected chi connectivity index (χ0v) is 32.2. The molecule has 8 rings (SSSR count). The largest absolute Gasteiger partial charge is 0.496 e. The number of hydrogen-bond acceptors (Lipinski definition) is 12. The fraction of sp³-hybridized carbons (Fsp3) is 0.415. The lowest BCUT2D eigenvalue weighted by molar-refractivity contribution is -0.136. The molecule has 2 saturated heterocycles. The van der Waals surface area contributed by atoms with Crippen molar-refractivity contribution in [2.24, 2.45) is 7.05 Å². The fourth-order valence-electron chi connectivity index (χ4n) is 8.18. The number of carbonyl (C=O) groups is 4. The van der Waals surface area contributed by atoms with Gasteiger partial charge in [0.05, 0.1) is 41.8 Å². The SMILES string of the molecule is COc1cc(-c2cn(C)c(=O)c3cnc(N(C)C)cc23)cc(OC)c1CN1CCN(C2(COc3ccc4c(c3)C(=O)N(C3CCC(=O)NC3=O)C4=O)CC2)CC1. The number of benzene rings is 2. The van der Waals surface area contributed by atoms with Crippen LogP contribution in [0.2, 0.25) is 0 Å². The van der Waals surface area contributed by atoms with Crippen molar-refractivity contribution in [3.8, 4) is 28.4 Å². The molecular weight excluding hydrogens is 718 g/mol. The Balaban J connectivity index is 0.933. The summed E-state index contributed by atoms with van der Waals surface area (Å²) in [7, 11) is 8.89. The Morgan fingerprint density at radius 3 is 2.21 bits per heavy atom. The van der Waals surface area contributed by atoms with E-state index in [1.807, 2.05) is 43.4 Å². The molecule has 4 amide bonds. The number of rotatable bonds is 11. The van der Waals surface area contributed by atoms with Crippen molar-refractivity contribution in [3.63, 3.8) is 0 Å². The van der Waals surface area contributed by atoms with E-state index in [2.05, 4.69) is 20.1 Å². The molecule has 3 fully saturated rings. The van der Waals surface area contributed by atoms with E-state index in [1.165, 1.54) is 0 Å². The molecule has 5 heterocycles. The lowest BCUT2D eigenvalue weighted by atomic mass is 9.98. The molecule has 1 unspecified atom stereocenters. The maximum atomic E-state index is 13.3. The van der Waals surface area contributed by atoms with E-state index < -0.39 is 29.7 Å². The molecule has 3 aliphatic heterocycles. The Kier molecular flexibility index (Phi) is 9.53. The first-order valence-electron chi connectivity index (χ1n) is 18.8. The van der Waals surface area contributed by atoms with Crippen molar-refractivity contribution in [2.45, 2.75) is 43.8 Å². The quantitative estimate of drug-likeness (QED) is 0.224. The number of carbonyl (C=O) groups excluding carboxylic acids is 4. The van der Waals surface area contributed by atoms with Crippen LogP contribution >= 0.6 is 0 Å². The number of fused-ring (bicyclic) bond motifs is 2. The lowest BCUT2D eigenvalue weighted by Crippen LogP contribution is -2.54. The summed E-state index contributed by atoms with van der Waals surface area (Å²) in [5.74, 6) is 0.501. The Hall–Kier alpha value is -5.80. The van der Waals surface area contributed by atoms with Gasteiger partial charge in [-0.05, 0) is 61.2 Å². The number of anilines is 1. The Labute approximate surface area is 323 Å². The first kappa shape index (κ1) is 37.1. The molecule has 292 valence electrons. The first-order valence-corrected chi connectivity index (χ1v) is 18.8. The number of piperidine rings is 1. The van der Waals surface area contributed by atoms with Gasteiger partial charge in [-0.15, -0.1) is 0 Å². The van der Waals surface area contributed by atoms with E-state index in [4.69, 9.17) is 14.2 Å². The molecule has 15 nitrogen and oxygen atoms in total. The van der Waals surface area contributed by atoms with Crippen molar-refractivity contribution >= 4 is 40.2 Å². The normalized spacial score (nSPS) is 19.6. The average Bonchev–Trinajstić information content (AvgIpc) is 3.95. The molecule has 2 aromatic heterocycles. The fourth-order valence-corrected chi connectivity index (χ4v) is 8.18. The molecule has 0 radical (unpaired) electrons. The molecule has 4 aromatic rings. The van der Waals surface area contributed by atoms with E-state index in [0.29, 0.717) is 35.8 Å². The predicted octanol–water partition coefficient (Wildman–Crippen LogP) is 2.81. The summed E-state index contributed by atoms with van der Waals surface area (Å²) < 4.78 is 19.8. The molecule has 1 N–H and O–H groups in total. The zero-order chi connectivity index (χ0) is 39.5. The van der Waals surface area contributed by atoms with E-state index in [-0.39, 0.29) is 35.1 Å². The van der Waals surface area contributed by atoms with Crippen molar-refractivity contribution < 1.29 is 33.4 Å². The molecule has 0 bridgehead atoms. The minimum absolute atomic E-state index is 0.0675. The van der Waals surface area contributed by atoms with Crippen LogP contribution in [-0.4, -0.2) is 121 Å². The minimum atomic E-state index is -1.01. The van der Waals surface area contributed by atoms with Crippen molar-refractivity contribution in [2.75, 3.05) is 66.0 Å². The number of imide groups is 2. The van der Waals surface area contributed by atoms with Crippen LogP contribution in [-0.2, 0) is 23.2 Å². The third-order valence-electron chi connectivity index (χ3n) is 11.6. The number of hydrogen-bond donors (Lipinski definition) is 1. The van der Waals surface area contributed by atoms with Crippen LogP contribution in [0.3, 0.4) is 0 Å². The van der Waals surface area contributed by atoms with Crippen molar-refractivity contribution in [3.05, 3.63) is 75.8 Å². The standard InChI is InChI=1S/C41H45N7O8/c1-44(2)35-19-27-29(20-42-35)38(51)45(3)21-30(27)24-16-33(54-4)31(34(17-24)55-5)22-46-12-14-47(15-13-46)41(10-11-41)23-56-25-6-7-26-28(18-25)40(53)48(39(26)52)32-8-9-36(49)43-37(32)50/h6-7,16-21,32H,8-15,22-23H2,1-5H3,(H,43,49,50). The molecule has 1 atom stereocenters. The van der Waals surface area contributed by atoms with Gasteiger partial charge in [-0.2, -0.15) is 0 Å². The number of ether oxygens (including phenoxy) is 3. The summed E-state index contributed by atoms with van der Waals surface area (Å²) in [6.07, 6.45) is 5.64. The van der Waals surface area contributed by atoms with Crippen LogP contribution < -0.4 is 30.0 Å². The monoisotopic (exact) mass is 763 g/mol. The molecule has 2 aromatic carbocycles. The Morgan fingerprint density at radius 2 is 1.57 bits per heavy atom. The highest BCUT2D eigenvalue weighted by atomic mass is 16.5. The smallest absolute Gasteiger partial charge is 0.262 e. The van der Waals surface area contributed by atoms with Crippen LogP contribution in [0.25, 0.3) is 21.9 Å². The van der Waals surface area contributed by atoms with Crippen LogP contribution in [0.15, 0.2) is 53.6 Å². The van der Waals surface area contributed by atoms with Gasteiger partial charge < -0.3 is 23.7 Å². The number of nitrogens with zero attached hydrogens (tertiary/aromatic N) is 6. The second kappa shape index (κ2) is 14.4. The lowest BCUT2D eigenvalue weighted by Gasteiger charge is -2.40. The van der Waals surface area contributed by atoms with E-state index in [9.17, 15) is 24.0 Å². The van der Waals surface area contributed by atoms with E-state index in [1.54, 1.807) is 50.2 Å². The second-order valence-corrected chi connectivity index (χ2v) is 15.2. The average molecular weight is 764 g/mol. The molecule has 1 aliphatic carbocycles. The maximum Gasteiger partial charge on any atom is 0.262 e. The summed E-state index contributed by atoms with van der Waals surface area (Å²) in [6.45, 7) is 4.41.